The average Bonchev–Trinajstić information content (AvgIpc) is 3.11. The molecule has 50 heavy (non-hydrogen) atoms. The summed E-state index contributed by atoms with van der Waals surface area (Å²) < 4.78 is 16.7. The van der Waals surface area contributed by atoms with Crippen molar-refractivity contribution in [3.05, 3.63) is 0 Å². The zero-order valence-corrected chi connectivity index (χ0v) is 34.2. The molecule has 0 aliphatic rings. The summed E-state index contributed by atoms with van der Waals surface area (Å²) in [7, 11) is 0. The second-order valence-corrected chi connectivity index (χ2v) is 15.7. The first-order valence-electron chi connectivity index (χ1n) is 21.7. The van der Waals surface area contributed by atoms with Crippen LogP contribution in [0.4, 0.5) is 0 Å². The second-order valence-electron chi connectivity index (χ2n) is 15.7. The van der Waals surface area contributed by atoms with Crippen LogP contribution in [0.3, 0.4) is 0 Å². The third kappa shape index (κ3) is 33.5. The minimum absolute atomic E-state index is 0.0681. The average molecular weight is 709 g/mol. The number of ether oxygens (including phenoxy) is 3. The lowest BCUT2D eigenvalue weighted by molar-refractivity contribution is -0.167. The van der Waals surface area contributed by atoms with Gasteiger partial charge < -0.3 is 14.2 Å². The third-order valence-corrected chi connectivity index (χ3v) is 10.7. The molecule has 0 bridgehead atoms. The van der Waals surface area contributed by atoms with E-state index < -0.39 is 6.10 Å². The molecule has 6 nitrogen and oxygen atoms in total. The van der Waals surface area contributed by atoms with Gasteiger partial charge in [-0.2, -0.15) is 0 Å². The largest absolute Gasteiger partial charge is 0.462 e. The van der Waals surface area contributed by atoms with Crippen molar-refractivity contribution in [1.29, 1.82) is 0 Å². The Morgan fingerprint density at radius 1 is 0.380 bits per heavy atom. The van der Waals surface area contributed by atoms with E-state index in [4.69, 9.17) is 14.2 Å². The van der Waals surface area contributed by atoms with Gasteiger partial charge in [-0.15, -0.1) is 0 Å². The normalized spacial score (nSPS) is 13.8. The number of unbranched alkanes of at least 4 members (excludes halogenated alkanes) is 17. The molecule has 0 aromatic rings. The molecule has 0 saturated carbocycles. The molecular formula is C44H84O6. The molecule has 0 fully saturated rings. The molecule has 0 aliphatic carbocycles. The van der Waals surface area contributed by atoms with Gasteiger partial charge in [-0.1, -0.05) is 189 Å². The van der Waals surface area contributed by atoms with Crippen LogP contribution in [0.15, 0.2) is 0 Å². The molecule has 0 saturated heterocycles. The molecular weight excluding hydrogens is 624 g/mol. The lowest BCUT2D eigenvalue weighted by Gasteiger charge is -2.18. The molecule has 0 N–H and O–H groups in total. The van der Waals surface area contributed by atoms with Gasteiger partial charge in [0.05, 0.1) is 0 Å². The van der Waals surface area contributed by atoms with E-state index in [0.29, 0.717) is 19.3 Å². The molecule has 296 valence electrons. The summed E-state index contributed by atoms with van der Waals surface area (Å²) in [6, 6.07) is 0. The topological polar surface area (TPSA) is 78.9 Å². The molecule has 3 unspecified atom stereocenters. The van der Waals surface area contributed by atoms with Gasteiger partial charge in [-0.25, -0.2) is 0 Å². The van der Waals surface area contributed by atoms with Crippen LogP contribution >= 0.6 is 0 Å². The summed E-state index contributed by atoms with van der Waals surface area (Å²) >= 11 is 0. The van der Waals surface area contributed by atoms with Crippen molar-refractivity contribution in [2.24, 2.45) is 17.8 Å². The molecule has 6 heteroatoms. The van der Waals surface area contributed by atoms with Crippen LogP contribution in [0, 0.1) is 17.8 Å². The summed E-state index contributed by atoms with van der Waals surface area (Å²) in [6.07, 6.45) is 30.9. The van der Waals surface area contributed by atoms with Crippen molar-refractivity contribution in [2.45, 2.75) is 234 Å². The zero-order valence-electron chi connectivity index (χ0n) is 34.2. The fourth-order valence-corrected chi connectivity index (χ4v) is 6.25. The summed E-state index contributed by atoms with van der Waals surface area (Å²) in [5, 5.41) is 0. The maximum Gasteiger partial charge on any atom is 0.306 e. The van der Waals surface area contributed by atoms with Crippen molar-refractivity contribution in [1.82, 2.24) is 0 Å². The third-order valence-electron chi connectivity index (χ3n) is 10.7. The molecule has 4 atom stereocenters. The van der Waals surface area contributed by atoms with Crippen LogP contribution in [0.1, 0.15) is 228 Å². The second kappa shape index (κ2) is 35.8. The predicted octanol–water partition coefficient (Wildman–Crippen LogP) is 13.3. The number of carbonyl (C=O) groups is 3. The first-order chi connectivity index (χ1) is 24.2. The highest BCUT2D eigenvalue weighted by Crippen LogP contribution is 2.17. The molecule has 0 amide bonds. The Morgan fingerprint density at radius 2 is 0.640 bits per heavy atom. The zero-order chi connectivity index (χ0) is 37.1. The lowest BCUT2D eigenvalue weighted by Crippen LogP contribution is -2.30. The Morgan fingerprint density at radius 3 is 0.940 bits per heavy atom. The maximum atomic E-state index is 12.7. The number of hydrogen-bond donors (Lipinski definition) is 0. The minimum Gasteiger partial charge on any atom is -0.462 e. The highest BCUT2D eigenvalue weighted by Gasteiger charge is 2.19. The maximum absolute atomic E-state index is 12.7. The standard InChI is InChI=1S/C44H84O6/c1-7-38(4)30-24-18-12-10-11-13-21-27-33-42(45)48-36-41(50-44(47)35-29-23-17-15-20-26-32-40(6)9-3)37-49-43(46)34-28-22-16-14-19-25-31-39(5)8-2/h38-41H,7-37H2,1-6H3/t38?,39?,40?,41-/m1/s1. The van der Waals surface area contributed by atoms with E-state index in [1.54, 1.807) is 0 Å². The van der Waals surface area contributed by atoms with E-state index in [2.05, 4.69) is 41.5 Å². The monoisotopic (exact) mass is 709 g/mol. The molecule has 0 rings (SSSR count). The van der Waals surface area contributed by atoms with E-state index in [1.165, 1.54) is 109 Å². The Kier molecular flexibility index (Phi) is 34.7. The van der Waals surface area contributed by atoms with Crippen molar-refractivity contribution < 1.29 is 28.6 Å². The number of rotatable bonds is 37. The van der Waals surface area contributed by atoms with Crippen LogP contribution in [-0.2, 0) is 28.6 Å². The van der Waals surface area contributed by atoms with E-state index in [9.17, 15) is 14.4 Å². The fraction of sp³-hybridized carbons (Fsp3) is 0.932. The Bertz CT molecular complexity index is 782. The summed E-state index contributed by atoms with van der Waals surface area (Å²) in [5.41, 5.74) is 0. The summed E-state index contributed by atoms with van der Waals surface area (Å²) in [5.74, 6) is 1.60. The smallest absolute Gasteiger partial charge is 0.306 e. The number of carbonyl (C=O) groups excluding carboxylic acids is 3. The minimum atomic E-state index is -0.762. The van der Waals surface area contributed by atoms with Gasteiger partial charge in [0.25, 0.3) is 0 Å². The first-order valence-corrected chi connectivity index (χ1v) is 21.7. The van der Waals surface area contributed by atoms with Crippen LogP contribution < -0.4 is 0 Å². The van der Waals surface area contributed by atoms with Gasteiger partial charge >= 0.3 is 17.9 Å². The molecule has 0 spiro atoms. The van der Waals surface area contributed by atoms with Crippen molar-refractivity contribution in [3.63, 3.8) is 0 Å². The van der Waals surface area contributed by atoms with Crippen LogP contribution in [0.25, 0.3) is 0 Å². The van der Waals surface area contributed by atoms with Gasteiger partial charge in [0, 0.05) is 19.3 Å². The molecule has 0 radical (unpaired) electrons. The van der Waals surface area contributed by atoms with Crippen molar-refractivity contribution in [2.75, 3.05) is 13.2 Å². The number of hydrogen-bond acceptors (Lipinski definition) is 6. The molecule has 0 aromatic carbocycles. The highest BCUT2D eigenvalue weighted by molar-refractivity contribution is 5.71. The summed E-state index contributed by atoms with van der Waals surface area (Å²) in [4.78, 5) is 37.6. The number of esters is 3. The first kappa shape index (κ1) is 48.4. The van der Waals surface area contributed by atoms with E-state index >= 15 is 0 Å². The van der Waals surface area contributed by atoms with Gasteiger partial charge in [-0.05, 0) is 37.0 Å². The summed E-state index contributed by atoms with van der Waals surface area (Å²) in [6.45, 7) is 13.6. The van der Waals surface area contributed by atoms with Gasteiger partial charge in [0.1, 0.15) is 13.2 Å². The van der Waals surface area contributed by atoms with Crippen molar-refractivity contribution in [3.8, 4) is 0 Å². The van der Waals surface area contributed by atoms with Crippen molar-refractivity contribution >= 4 is 17.9 Å². The Hall–Kier alpha value is -1.59. The Labute approximate surface area is 310 Å². The fourth-order valence-electron chi connectivity index (χ4n) is 6.25. The quantitative estimate of drug-likeness (QED) is 0.0363. The van der Waals surface area contributed by atoms with E-state index in [1.807, 2.05) is 0 Å². The Balaban J connectivity index is 4.39. The molecule has 0 aromatic heterocycles. The lowest BCUT2D eigenvalue weighted by atomic mass is 9.99. The van der Waals surface area contributed by atoms with E-state index in [-0.39, 0.29) is 31.1 Å². The van der Waals surface area contributed by atoms with Crippen LogP contribution in [0.2, 0.25) is 0 Å². The SMILES string of the molecule is CCC(C)CCCCCCCCCCC(=O)OC[C@H](COC(=O)CCCCCCCCC(C)CC)OC(=O)CCCCCCCCC(C)CC. The van der Waals surface area contributed by atoms with Crippen LogP contribution in [-0.4, -0.2) is 37.2 Å². The molecule has 0 heterocycles. The van der Waals surface area contributed by atoms with Gasteiger partial charge in [0.15, 0.2) is 6.10 Å². The highest BCUT2D eigenvalue weighted by atomic mass is 16.6. The predicted molar refractivity (Wildman–Crippen MR) is 210 cm³/mol. The van der Waals surface area contributed by atoms with E-state index in [0.717, 1.165) is 75.5 Å². The van der Waals surface area contributed by atoms with Gasteiger partial charge in [0.2, 0.25) is 0 Å². The van der Waals surface area contributed by atoms with Gasteiger partial charge in [-0.3, -0.25) is 14.4 Å². The van der Waals surface area contributed by atoms with Crippen LogP contribution in [0.5, 0.6) is 0 Å². The molecule has 0 aliphatic heterocycles.